The molecule has 1 N–H and O–H groups in total. The number of nitrogens with one attached hydrogen (secondary N) is 1. The van der Waals surface area contributed by atoms with Crippen LogP contribution < -0.4 is 15.6 Å². The molecule has 0 aliphatic heterocycles. The van der Waals surface area contributed by atoms with Crippen LogP contribution in [0.15, 0.2) is 75.7 Å². The molecule has 0 spiro atoms. The van der Waals surface area contributed by atoms with Crippen LogP contribution in [-0.2, 0) is 10.5 Å². The van der Waals surface area contributed by atoms with Gasteiger partial charge in [0.1, 0.15) is 5.75 Å². The molecule has 2 aromatic carbocycles. The van der Waals surface area contributed by atoms with Gasteiger partial charge in [-0.1, -0.05) is 30.3 Å². The van der Waals surface area contributed by atoms with Crippen molar-refractivity contribution in [2.24, 2.45) is 0 Å². The molecule has 158 valence electrons. The van der Waals surface area contributed by atoms with Gasteiger partial charge in [0.05, 0.1) is 11.4 Å². The maximum atomic E-state index is 12.6. The number of anilines is 1. The lowest BCUT2D eigenvalue weighted by Crippen LogP contribution is -2.30. The Morgan fingerprint density at radius 1 is 1.19 bits per heavy atom. The molecule has 0 aliphatic carbocycles. The number of benzene rings is 2. The van der Waals surface area contributed by atoms with Crippen molar-refractivity contribution in [2.45, 2.75) is 30.6 Å². The Kier molecular flexibility index (Phi) is 6.39. The van der Waals surface area contributed by atoms with E-state index in [4.69, 9.17) is 4.74 Å². The molecule has 4 rings (SSSR count). The number of hydrogen-bond acceptors (Lipinski definition) is 6. The minimum Gasteiger partial charge on any atom is -0.481 e. The molecule has 0 unspecified atom stereocenters. The minimum atomic E-state index is -0.647. The quantitative estimate of drug-likeness (QED) is 0.410. The number of thioether (sulfide) groups is 1. The molecule has 0 saturated heterocycles. The molecule has 8 heteroatoms. The van der Waals surface area contributed by atoms with Crippen LogP contribution in [0.4, 0.5) is 5.69 Å². The number of carbonyl (C=O) groups excluding carboxylic acids is 1. The third-order valence-electron chi connectivity index (χ3n) is 4.57. The molecular formula is C23H21N3O3S2. The highest BCUT2D eigenvalue weighted by molar-refractivity contribution is 7.98. The van der Waals surface area contributed by atoms with Crippen molar-refractivity contribution in [3.05, 3.63) is 87.8 Å². The van der Waals surface area contributed by atoms with E-state index in [0.29, 0.717) is 27.8 Å². The molecule has 2 heterocycles. The number of carbonyl (C=O) groups is 1. The first kappa shape index (κ1) is 21.1. The Morgan fingerprint density at radius 2 is 1.94 bits per heavy atom. The van der Waals surface area contributed by atoms with Gasteiger partial charge in [0.15, 0.2) is 11.1 Å². The Labute approximate surface area is 187 Å². The molecule has 0 bridgehead atoms. The second kappa shape index (κ2) is 9.36. The fraction of sp³-hybridized carbons (Fsp3) is 0.174. The summed E-state index contributed by atoms with van der Waals surface area (Å²) in [5.74, 6) is 0.930. The summed E-state index contributed by atoms with van der Waals surface area (Å²) in [4.78, 5) is 31.2. The van der Waals surface area contributed by atoms with Crippen LogP contribution in [0.5, 0.6) is 5.75 Å². The van der Waals surface area contributed by atoms with Crippen molar-refractivity contribution < 1.29 is 9.53 Å². The lowest BCUT2D eigenvalue weighted by molar-refractivity contribution is -0.122. The number of aryl methyl sites for hydroxylation is 1. The first-order chi connectivity index (χ1) is 15.0. The number of fused-ring (bicyclic) bond motifs is 1. The minimum absolute atomic E-state index is 0.0761. The third-order valence-corrected chi connectivity index (χ3v) is 6.63. The van der Waals surface area contributed by atoms with Crippen molar-refractivity contribution in [1.29, 1.82) is 0 Å². The predicted octanol–water partition coefficient (Wildman–Crippen LogP) is 4.76. The van der Waals surface area contributed by atoms with Crippen LogP contribution in [0, 0.1) is 6.92 Å². The van der Waals surface area contributed by atoms with Gasteiger partial charge < -0.3 is 10.1 Å². The molecular weight excluding hydrogens is 430 g/mol. The summed E-state index contributed by atoms with van der Waals surface area (Å²) in [5, 5.41) is 4.86. The second-order valence-corrected chi connectivity index (χ2v) is 8.78. The van der Waals surface area contributed by atoms with Gasteiger partial charge in [0.2, 0.25) is 0 Å². The number of hydrogen-bond donors (Lipinski definition) is 1. The smallest absolute Gasteiger partial charge is 0.265 e. The molecule has 6 nitrogen and oxygen atoms in total. The van der Waals surface area contributed by atoms with Crippen molar-refractivity contribution in [3.63, 3.8) is 0 Å². The van der Waals surface area contributed by atoms with Gasteiger partial charge in [-0.2, -0.15) is 0 Å². The Hall–Kier alpha value is -3.10. The van der Waals surface area contributed by atoms with Crippen LogP contribution in [-0.4, -0.2) is 21.4 Å². The Morgan fingerprint density at radius 3 is 2.74 bits per heavy atom. The van der Waals surface area contributed by atoms with Crippen LogP contribution in [0.1, 0.15) is 18.3 Å². The van der Waals surface area contributed by atoms with E-state index in [1.807, 2.05) is 66.9 Å². The average Bonchev–Trinajstić information content (AvgIpc) is 3.15. The zero-order valence-electron chi connectivity index (χ0n) is 17.1. The molecule has 2 aromatic heterocycles. The van der Waals surface area contributed by atoms with E-state index < -0.39 is 6.10 Å². The molecule has 31 heavy (non-hydrogen) atoms. The highest BCUT2D eigenvalue weighted by Gasteiger charge is 2.16. The summed E-state index contributed by atoms with van der Waals surface area (Å²) in [7, 11) is 0. The number of aromatic nitrogens is 2. The normalized spacial score (nSPS) is 11.9. The Bertz CT molecular complexity index is 1270. The van der Waals surface area contributed by atoms with Gasteiger partial charge in [0.25, 0.3) is 11.5 Å². The first-order valence-corrected chi connectivity index (χ1v) is 11.6. The van der Waals surface area contributed by atoms with Crippen molar-refractivity contribution in [3.8, 4) is 5.75 Å². The van der Waals surface area contributed by atoms with E-state index in [9.17, 15) is 9.59 Å². The lowest BCUT2D eigenvalue weighted by atomic mass is 10.3. The number of para-hydroxylation sites is 2. The fourth-order valence-electron chi connectivity index (χ4n) is 3.01. The molecule has 0 aliphatic rings. The summed E-state index contributed by atoms with van der Waals surface area (Å²) < 4.78 is 7.32. The largest absolute Gasteiger partial charge is 0.481 e. The fourth-order valence-corrected chi connectivity index (χ4v) is 4.80. The SMILES string of the molecule is Cc1csc2nc(CSc3ccccc3NC(=O)[C@H](C)Oc3ccccc3)cc(=O)n12. The first-order valence-electron chi connectivity index (χ1n) is 9.72. The molecule has 0 saturated carbocycles. The zero-order valence-corrected chi connectivity index (χ0v) is 18.7. The maximum absolute atomic E-state index is 12.6. The van der Waals surface area contributed by atoms with Gasteiger partial charge in [-0.15, -0.1) is 23.1 Å². The number of rotatable bonds is 7. The monoisotopic (exact) mass is 451 g/mol. The molecule has 1 atom stereocenters. The number of nitrogens with zero attached hydrogens (tertiary/aromatic N) is 2. The van der Waals surface area contributed by atoms with Gasteiger partial charge >= 0.3 is 0 Å². The summed E-state index contributed by atoms with van der Waals surface area (Å²) in [6, 6.07) is 18.4. The summed E-state index contributed by atoms with van der Waals surface area (Å²) in [6.07, 6.45) is -0.647. The number of amides is 1. The molecule has 1 amide bonds. The molecule has 0 radical (unpaired) electrons. The Balaban J connectivity index is 1.45. The highest BCUT2D eigenvalue weighted by Crippen LogP contribution is 2.30. The zero-order chi connectivity index (χ0) is 21.8. The summed E-state index contributed by atoms with van der Waals surface area (Å²) in [6.45, 7) is 3.61. The van der Waals surface area contributed by atoms with E-state index in [1.54, 1.807) is 17.4 Å². The summed E-state index contributed by atoms with van der Waals surface area (Å²) >= 11 is 2.97. The van der Waals surface area contributed by atoms with E-state index in [1.165, 1.54) is 23.1 Å². The average molecular weight is 452 g/mol. The van der Waals surface area contributed by atoms with Crippen LogP contribution in [0.25, 0.3) is 4.96 Å². The van der Waals surface area contributed by atoms with Gasteiger partial charge in [0, 0.05) is 27.8 Å². The van der Waals surface area contributed by atoms with Gasteiger partial charge in [-0.25, -0.2) is 4.98 Å². The molecule has 0 fully saturated rings. The van der Waals surface area contributed by atoms with Crippen LogP contribution in [0.3, 0.4) is 0 Å². The topological polar surface area (TPSA) is 72.7 Å². The van der Waals surface area contributed by atoms with Gasteiger partial charge in [-0.05, 0) is 38.1 Å². The predicted molar refractivity (Wildman–Crippen MR) is 125 cm³/mol. The number of ether oxygens (including phenoxy) is 1. The summed E-state index contributed by atoms with van der Waals surface area (Å²) in [5.41, 5.74) is 2.22. The standard InChI is InChI=1S/C23H21N3O3S2/c1-15-13-31-23-24-17(12-21(27)26(15)23)14-30-20-11-7-6-10-19(20)25-22(28)16(2)29-18-8-4-3-5-9-18/h3-13,16H,14H2,1-2H3,(H,25,28)/t16-/m0/s1. The van der Waals surface area contributed by atoms with E-state index in [-0.39, 0.29) is 11.5 Å². The van der Waals surface area contributed by atoms with Crippen molar-refractivity contribution >= 4 is 39.7 Å². The lowest BCUT2D eigenvalue weighted by Gasteiger charge is -2.16. The van der Waals surface area contributed by atoms with E-state index >= 15 is 0 Å². The van der Waals surface area contributed by atoms with Crippen LogP contribution >= 0.6 is 23.1 Å². The van der Waals surface area contributed by atoms with Crippen molar-refractivity contribution in [2.75, 3.05) is 5.32 Å². The maximum Gasteiger partial charge on any atom is 0.265 e. The molecule has 4 aromatic rings. The highest BCUT2D eigenvalue weighted by atomic mass is 32.2. The number of thiazole rings is 1. The van der Waals surface area contributed by atoms with Crippen molar-refractivity contribution in [1.82, 2.24) is 9.38 Å². The van der Waals surface area contributed by atoms with Gasteiger partial charge in [-0.3, -0.25) is 14.0 Å². The second-order valence-electron chi connectivity index (χ2n) is 6.93. The van der Waals surface area contributed by atoms with E-state index in [2.05, 4.69) is 10.3 Å². The van der Waals surface area contributed by atoms with E-state index in [0.717, 1.165) is 10.6 Å². The third kappa shape index (κ3) is 4.98. The van der Waals surface area contributed by atoms with Crippen LogP contribution in [0.2, 0.25) is 0 Å².